The second-order valence-electron chi connectivity index (χ2n) is 4.03. The molecule has 0 unspecified atom stereocenters. The molecule has 0 saturated carbocycles. The third-order valence-corrected chi connectivity index (χ3v) is 2.35. The Balaban J connectivity index is 2.76. The van der Waals surface area contributed by atoms with Crippen LogP contribution in [0.4, 0.5) is 5.69 Å². The third-order valence-electron chi connectivity index (χ3n) is 2.35. The van der Waals surface area contributed by atoms with Crippen LogP contribution in [0.25, 0.3) is 0 Å². The van der Waals surface area contributed by atoms with Gasteiger partial charge in [-0.05, 0) is 12.1 Å². The van der Waals surface area contributed by atoms with E-state index in [9.17, 15) is 4.79 Å². The number of benzene rings is 1. The fourth-order valence-corrected chi connectivity index (χ4v) is 1.49. The number of hydrogen-bond donors (Lipinski definition) is 1. The zero-order valence-corrected chi connectivity index (χ0v) is 12.1. The fourth-order valence-electron chi connectivity index (χ4n) is 1.49. The molecule has 0 heterocycles. The lowest BCUT2D eigenvalue weighted by Gasteiger charge is -2.14. The fraction of sp³-hybridized carbons (Fsp3) is 0.500. The Morgan fingerprint density at radius 3 is 2.15 bits per heavy atom. The predicted octanol–water partition coefficient (Wildman–Crippen LogP) is 1.70. The first-order valence-corrected chi connectivity index (χ1v) is 6.32. The molecule has 6 heteroatoms. The van der Waals surface area contributed by atoms with Gasteiger partial charge in [-0.1, -0.05) is 0 Å². The molecule has 0 spiro atoms. The average molecular weight is 283 g/mol. The van der Waals surface area contributed by atoms with Gasteiger partial charge in [-0.25, -0.2) is 0 Å². The number of amides is 1. The van der Waals surface area contributed by atoms with Gasteiger partial charge in [0.25, 0.3) is 0 Å². The van der Waals surface area contributed by atoms with Gasteiger partial charge < -0.3 is 24.3 Å². The van der Waals surface area contributed by atoms with E-state index < -0.39 is 0 Å². The Kier molecular flexibility index (Phi) is 7.46. The van der Waals surface area contributed by atoms with Crippen molar-refractivity contribution in [3.8, 4) is 11.5 Å². The molecule has 20 heavy (non-hydrogen) atoms. The number of ether oxygens (including phenoxy) is 4. The molecule has 1 amide bonds. The maximum absolute atomic E-state index is 11.1. The van der Waals surface area contributed by atoms with E-state index in [-0.39, 0.29) is 5.91 Å². The smallest absolute Gasteiger partial charge is 0.221 e. The Morgan fingerprint density at radius 1 is 1.00 bits per heavy atom. The molecule has 0 atom stereocenters. The summed E-state index contributed by atoms with van der Waals surface area (Å²) in [5.74, 6) is 1.03. The van der Waals surface area contributed by atoms with Crippen LogP contribution in [0.2, 0.25) is 0 Å². The van der Waals surface area contributed by atoms with Gasteiger partial charge in [0, 0.05) is 32.9 Å². The van der Waals surface area contributed by atoms with Crippen molar-refractivity contribution in [3.05, 3.63) is 18.2 Å². The highest BCUT2D eigenvalue weighted by atomic mass is 16.5. The van der Waals surface area contributed by atoms with E-state index in [2.05, 4.69) is 5.32 Å². The molecule has 1 N–H and O–H groups in total. The van der Waals surface area contributed by atoms with Crippen molar-refractivity contribution in [1.82, 2.24) is 0 Å². The minimum absolute atomic E-state index is 0.138. The van der Waals surface area contributed by atoms with Crippen LogP contribution in [0.5, 0.6) is 11.5 Å². The van der Waals surface area contributed by atoms with Crippen molar-refractivity contribution >= 4 is 11.6 Å². The van der Waals surface area contributed by atoms with Crippen LogP contribution in [0, 0.1) is 0 Å². The summed E-state index contributed by atoms with van der Waals surface area (Å²) in [6, 6.07) is 5.23. The molecule has 0 aromatic heterocycles. The van der Waals surface area contributed by atoms with Gasteiger partial charge in [0.15, 0.2) is 11.5 Å². The van der Waals surface area contributed by atoms with Crippen LogP contribution in [0.15, 0.2) is 18.2 Å². The monoisotopic (exact) mass is 283 g/mol. The second-order valence-corrected chi connectivity index (χ2v) is 4.03. The van der Waals surface area contributed by atoms with Crippen LogP contribution in [0.1, 0.15) is 6.92 Å². The minimum Gasteiger partial charge on any atom is -0.487 e. The van der Waals surface area contributed by atoms with Gasteiger partial charge in [0.05, 0.1) is 13.2 Å². The van der Waals surface area contributed by atoms with Gasteiger partial charge in [0.1, 0.15) is 13.2 Å². The van der Waals surface area contributed by atoms with Gasteiger partial charge >= 0.3 is 0 Å². The third kappa shape index (κ3) is 5.90. The maximum atomic E-state index is 11.1. The molecule has 0 bridgehead atoms. The highest BCUT2D eigenvalue weighted by Gasteiger charge is 2.08. The first-order valence-electron chi connectivity index (χ1n) is 6.32. The van der Waals surface area contributed by atoms with Crippen molar-refractivity contribution in [2.24, 2.45) is 0 Å². The highest BCUT2D eigenvalue weighted by molar-refractivity contribution is 5.89. The molecule has 1 aromatic rings. The van der Waals surface area contributed by atoms with Crippen LogP contribution in [-0.4, -0.2) is 46.6 Å². The normalized spacial score (nSPS) is 10.2. The molecule has 0 aliphatic rings. The van der Waals surface area contributed by atoms with Gasteiger partial charge in [0.2, 0.25) is 5.91 Å². The molecule has 0 radical (unpaired) electrons. The molecule has 1 rings (SSSR count). The van der Waals surface area contributed by atoms with Crippen molar-refractivity contribution in [2.75, 3.05) is 46.0 Å². The molecule has 0 fully saturated rings. The second kappa shape index (κ2) is 9.17. The molecule has 0 aliphatic heterocycles. The van der Waals surface area contributed by atoms with E-state index in [4.69, 9.17) is 18.9 Å². The first kappa shape index (κ1) is 16.3. The lowest BCUT2D eigenvalue weighted by atomic mass is 10.2. The van der Waals surface area contributed by atoms with Gasteiger partial charge in [-0.15, -0.1) is 0 Å². The lowest BCUT2D eigenvalue weighted by molar-refractivity contribution is -0.114. The number of anilines is 1. The summed E-state index contributed by atoms with van der Waals surface area (Å²) in [5, 5.41) is 2.70. The van der Waals surface area contributed by atoms with Gasteiger partial charge in [-0.3, -0.25) is 4.79 Å². The predicted molar refractivity (Wildman–Crippen MR) is 75.5 cm³/mol. The molecular weight excluding hydrogens is 262 g/mol. The van der Waals surface area contributed by atoms with E-state index in [0.29, 0.717) is 43.6 Å². The van der Waals surface area contributed by atoms with Gasteiger partial charge in [-0.2, -0.15) is 0 Å². The largest absolute Gasteiger partial charge is 0.487 e. The summed E-state index contributed by atoms with van der Waals surface area (Å²) in [4.78, 5) is 11.1. The Morgan fingerprint density at radius 2 is 1.60 bits per heavy atom. The van der Waals surface area contributed by atoms with E-state index in [0.717, 1.165) is 0 Å². The Hall–Kier alpha value is -1.79. The number of carbonyl (C=O) groups is 1. The van der Waals surface area contributed by atoms with E-state index in [1.54, 1.807) is 32.4 Å². The lowest BCUT2D eigenvalue weighted by Crippen LogP contribution is -2.10. The van der Waals surface area contributed by atoms with E-state index >= 15 is 0 Å². The van der Waals surface area contributed by atoms with Crippen LogP contribution >= 0.6 is 0 Å². The number of nitrogens with one attached hydrogen (secondary N) is 1. The number of hydrogen-bond acceptors (Lipinski definition) is 5. The zero-order valence-electron chi connectivity index (χ0n) is 12.1. The number of methoxy groups -OCH3 is 2. The summed E-state index contributed by atoms with van der Waals surface area (Å²) in [7, 11) is 3.21. The summed E-state index contributed by atoms with van der Waals surface area (Å²) < 4.78 is 21.0. The minimum atomic E-state index is -0.138. The van der Waals surface area contributed by atoms with E-state index in [1.165, 1.54) is 6.92 Å². The highest BCUT2D eigenvalue weighted by Crippen LogP contribution is 2.30. The molecule has 0 aliphatic carbocycles. The number of carbonyl (C=O) groups excluding carboxylic acids is 1. The SMILES string of the molecule is COCCOc1ccc(NC(C)=O)cc1OCCOC. The van der Waals surface area contributed by atoms with E-state index in [1.807, 2.05) is 0 Å². The summed E-state index contributed by atoms with van der Waals surface area (Å²) in [5.41, 5.74) is 0.656. The summed E-state index contributed by atoms with van der Waals surface area (Å²) in [6.45, 7) is 3.25. The molecule has 1 aromatic carbocycles. The molecular formula is C14H21NO5. The van der Waals surface area contributed by atoms with Crippen LogP contribution < -0.4 is 14.8 Å². The molecule has 6 nitrogen and oxygen atoms in total. The Labute approximate surface area is 119 Å². The zero-order chi connectivity index (χ0) is 14.8. The Bertz CT molecular complexity index is 422. The molecule has 0 saturated heterocycles. The first-order chi connectivity index (χ1) is 9.67. The summed E-state index contributed by atoms with van der Waals surface area (Å²) in [6.07, 6.45) is 0. The van der Waals surface area contributed by atoms with Crippen molar-refractivity contribution in [1.29, 1.82) is 0 Å². The van der Waals surface area contributed by atoms with Crippen molar-refractivity contribution in [3.63, 3.8) is 0 Å². The summed E-state index contributed by atoms with van der Waals surface area (Å²) >= 11 is 0. The van der Waals surface area contributed by atoms with Crippen molar-refractivity contribution in [2.45, 2.75) is 6.92 Å². The topological polar surface area (TPSA) is 66.0 Å². The standard InChI is InChI=1S/C14H21NO5/c1-11(16)15-12-4-5-13(19-8-6-17-2)14(10-12)20-9-7-18-3/h4-5,10H,6-9H2,1-3H3,(H,15,16). The average Bonchev–Trinajstić information content (AvgIpc) is 2.41. The van der Waals surface area contributed by atoms with Crippen LogP contribution in [-0.2, 0) is 14.3 Å². The molecule has 112 valence electrons. The maximum Gasteiger partial charge on any atom is 0.221 e. The van der Waals surface area contributed by atoms with Crippen molar-refractivity contribution < 1.29 is 23.7 Å². The quantitative estimate of drug-likeness (QED) is 0.699. The number of rotatable bonds is 9. The van der Waals surface area contributed by atoms with Crippen LogP contribution in [0.3, 0.4) is 0 Å².